The molecule has 110 valence electrons. The number of amides is 2. The van der Waals surface area contributed by atoms with E-state index in [0.717, 1.165) is 11.3 Å². The molecule has 0 bridgehead atoms. The van der Waals surface area contributed by atoms with E-state index in [9.17, 15) is 9.90 Å². The number of carbonyl (C=O) groups excluding carboxylic acids is 1. The fraction of sp³-hybridized carbons (Fsp3) is 0.250. The lowest BCUT2D eigenvalue weighted by molar-refractivity contribution is 0.199. The summed E-state index contributed by atoms with van der Waals surface area (Å²) in [5.74, 6) is 0. The van der Waals surface area contributed by atoms with Gasteiger partial charge in [-0.15, -0.1) is 0 Å². The molecule has 1 atom stereocenters. The maximum Gasteiger partial charge on any atom is 0.321 e. The van der Waals surface area contributed by atoms with Gasteiger partial charge in [0.25, 0.3) is 0 Å². The molecule has 2 N–H and O–H groups in total. The van der Waals surface area contributed by atoms with Crippen molar-refractivity contribution in [3.05, 3.63) is 59.9 Å². The van der Waals surface area contributed by atoms with Crippen LogP contribution in [0, 0.1) is 0 Å². The Morgan fingerprint density at radius 2 is 2.14 bits per heavy atom. The third-order valence-corrected chi connectivity index (χ3v) is 3.09. The first kappa shape index (κ1) is 15.0. The van der Waals surface area contributed by atoms with Gasteiger partial charge in [0.15, 0.2) is 0 Å². The molecule has 2 amide bonds. The lowest BCUT2D eigenvalue weighted by Crippen LogP contribution is -2.31. The van der Waals surface area contributed by atoms with E-state index in [1.807, 2.05) is 24.3 Å². The van der Waals surface area contributed by atoms with Crippen LogP contribution in [0.15, 0.2) is 48.7 Å². The van der Waals surface area contributed by atoms with Crippen molar-refractivity contribution >= 4 is 11.7 Å². The molecule has 0 aliphatic carbocycles. The van der Waals surface area contributed by atoms with Crippen LogP contribution in [0.25, 0.3) is 0 Å². The summed E-state index contributed by atoms with van der Waals surface area (Å²) >= 11 is 0. The number of aliphatic hydroxyl groups is 1. The molecule has 21 heavy (non-hydrogen) atoms. The number of hydrogen-bond acceptors (Lipinski definition) is 3. The molecular weight excluding hydrogens is 266 g/mol. The van der Waals surface area contributed by atoms with Crippen LogP contribution in [0.5, 0.6) is 0 Å². The third-order valence-electron chi connectivity index (χ3n) is 3.09. The second kappa shape index (κ2) is 6.85. The van der Waals surface area contributed by atoms with Crippen LogP contribution in [0.4, 0.5) is 10.5 Å². The van der Waals surface area contributed by atoms with E-state index < -0.39 is 6.10 Å². The SMILES string of the molecule is CC(O)c1cccc(NC(=O)N(C)Cc2ccccn2)c1. The minimum Gasteiger partial charge on any atom is -0.389 e. The molecule has 0 aliphatic heterocycles. The summed E-state index contributed by atoms with van der Waals surface area (Å²) in [4.78, 5) is 17.9. The first-order chi connectivity index (χ1) is 10.1. The van der Waals surface area contributed by atoms with E-state index in [1.54, 1.807) is 43.3 Å². The van der Waals surface area contributed by atoms with Crippen molar-refractivity contribution in [1.82, 2.24) is 9.88 Å². The van der Waals surface area contributed by atoms with Gasteiger partial charge in [0, 0.05) is 18.9 Å². The zero-order valence-electron chi connectivity index (χ0n) is 12.2. The lowest BCUT2D eigenvalue weighted by Gasteiger charge is -2.18. The van der Waals surface area contributed by atoms with Crippen molar-refractivity contribution < 1.29 is 9.90 Å². The summed E-state index contributed by atoms with van der Waals surface area (Å²) < 4.78 is 0. The summed E-state index contributed by atoms with van der Waals surface area (Å²) in [6, 6.07) is 12.6. The van der Waals surface area contributed by atoms with E-state index in [1.165, 1.54) is 0 Å². The lowest BCUT2D eigenvalue weighted by atomic mass is 10.1. The maximum atomic E-state index is 12.1. The normalized spacial score (nSPS) is 11.8. The van der Waals surface area contributed by atoms with Crippen LogP contribution in [0.2, 0.25) is 0 Å². The number of nitrogens with zero attached hydrogens (tertiary/aromatic N) is 2. The Balaban J connectivity index is 1.99. The zero-order chi connectivity index (χ0) is 15.2. The fourth-order valence-corrected chi connectivity index (χ4v) is 1.90. The maximum absolute atomic E-state index is 12.1. The molecule has 1 unspecified atom stereocenters. The average Bonchev–Trinajstić information content (AvgIpc) is 2.48. The minimum atomic E-state index is -0.562. The molecule has 5 heteroatoms. The highest BCUT2D eigenvalue weighted by molar-refractivity contribution is 5.89. The predicted octanol–water partition coefficient (Wildman–Crippen LogP) is 2.80. The van der Waals surface area contributed by atoms with Crippen LogP contribution >= 0.6 is 0 Å². The van der Waals surface area contributed by atoms with Gasteiger partial charge in [-0.3, -0.25) is 4.98 Å². The Hall–Kier alpha value is -2.40. The van der Waals surface area contributed by atoms with E-state index in [2.05, 4.69) is 10.3 Å². The molecule has 0 spiro atoms. The van der Waals surface area contributed by atoms with Gasteiger partial charge in [0.2, 0.25) is 0 Å². The van der Waals surface area contributed by atoms with E-state index in [0.29, 0.717) is 12.2 Å². The standard InChI is InChI=1S/C16H19N3O2/c1-12(20)13-6-5-8-14(10-13)18-16(21)19(2)11-15-7-3-4-9-17-15/h3-10,12,20H,11H2,1-2H3,(H,18,21). The molecular formula is C16H19N3O2. The summed E-state index contributed by atoms with van der Waals surface area (Å²) in [7, 11) is 1.71. The Labute approximate surface area is 124 Å². The molecule has 0 radical (unpaired) electrons. The molecule has 0 saturated carbocycles. The van der Waals surface area contributed by atoms with Gasteiger partial charge in [-0.2, -0.15) is 0 Å². The number of rotatable bonds is 4. The number of pyridine rings is 1. The summed E-state index contributed by atoms with van der Waals surface area (Å²) in [5.41, 5.74) is 2.25. The highest BCUT2D eigenvalue weighted by Gasteiger charge is 2.10. The molecule has 1 aromatic heterocycles. The van der Waals surface area contributed by atoms with E-state index in [-0.39, 0.29) is 6.03 Å². The average molecular weight is 285 g/mol. The summed E-state index contributed by atoms with van der Waals surface area (Å²) in [5, 5.41) is 12.4. The number of carbonyl (C=O) groups is 1. The van der Waals surface area contributed by atoms with Gasteiger partial charge in [-0.1, -0.05) is 18.2 Å². The van der Waals surface area contributed by atoms with Crippen LogP contribution < -0.4 is 5.32 Å². The van der Waals surface area contributed by atoms with Crippen LogP contribution in [0.1, 0.15) is 24.3 Å². The first-order valence-corrected chi connectivity index (χ1v) is 6.76. The van der Waals surface area contributed by atoms with Crippen LogP contribution in [0.3, 0.4) is 0 Å². The van der Waals surface area contributed by atoms with Crippen molar-refractivity contribution in [2.75, 3.05) is 12.4 Å². The first-order valence-electron chi connectivity index (χ1n) is 6.76. The second-order valence-corrected chi connectivity index (χ2v) is 4.91. The summed E-state index contributed by atoms with van der Waals surface area (Å²) in [6.07, 6.45) is 1.14. The highest BCUT2D eigenvalue weighted by Crippen LogP contribution is 2.17. The third kappa shape index (κ3) is 4.29. The minimum absolute atomic E-state index is 0.219. The molecule has 0 aliphatic rings. The molecule has 1 aromatic carbocycles. The molecule has 1 heterocycles. The van der Waals surface area contributed by atoms with Crippen molar-refractivity contribution in [2.45, 2.75) is 19.6 Å². The van der Waals surface area contributed by atoms with Crippen molar-refractivity contribution in [3.8, 4) is 0 Å². The van der Waals surface area contributed by atoms with Gasteiger partial charge in [0.05, 0.1) is 18.3 Å². The number of aromatic nitrogens is 1. The van der Waals surface area contributed by atoms with Gasteiger partial charge in [-0.25, -0.2) is 4.79 Å². The molecule has 5 nitrogen and oxygen atoms in total. The fourth-order valence-electron chi connectivity index (χ4n) is 1.90. The van der Waals surface area contributed by atoms with Crippen molar-refractivity contribution in [1.29, 1.82) is 0 Å². The van der Waals surface area contributed by atoms with Gasteiger partial charge in [-0.05, 0) is 36.8 Å². The number of benzene rings is 1. The monoisotopic (exact) mass is 285 g/mol. The largest absolute Gasteiger partial charge is 0.389 e. The smallest absolute Gasteiger partial charge is 0.321 e. The molecule has 0 saturated heterocycles. The van der Waals surface area contributed by atoms with E-state index >= 15 is 0 Å². The van der Waals surface area contributed by atoms with Gasteiger partial charge in [0.1, 0.15) is 0 Å². The van der Waals surface area contributed by atoms with Crippen LogP contribution in [-0.4, -0.2) is 28.1 Å². The molecule has 0 fully saturated rings. The Kier molecular flexibility index (Phi) is 4.90. The number of nitrogens with one attached hydrogen (secondary N) is 1. The van der Waals surface area contributed by atoms with Crippen molar-refractivity contribution in [3.63, 3.8) is 0 Å². The van der Waals surface area contributed by atoms with Gasteiger partial charge >= 0.3 is 6.03 Å². The quantitative estimate of drug-likeness (QED) is 0.907. The number of aliphatic hydroxyl groups excluding tert-OH is 1. The second-order valence-electron chi connectivity index (χ2n) is 4.91. The van der Waals surface area contributed by atoms with Crippen molar-refractivity contribution in [2.24, 2.45) is 0 Å². The van der Waals surface area contributed by atoms with Crippen LogP contribution in [-0.2, 0) is 6.54 Å². The topological polar surface area (TPSA) is 65.5 Å². The Bertz CT molecular complexity index is 599. The Morgan fingerprint density at radius 1 is 1.33 bits per heavy atom. The number of anilines is 1. The Morgan fingerprint density at radius 3 is 2.81 bits per heavy atom. The number of urea groups is 1. The predicted molar refractivity (Wildman–Crippen MR) is 81.8 cm³/mol. The number of hydrogen-bond donors (Lipinski definition) is 2. The highest BCUT2D eigenvalue weighted by atomic mass is 16.3. The van der Waals surface area contributed by atoms with Gasteiger partial charge < -0.3 is 15.3 Å². The van der Waals surface area contributed by atoms with E-state index in [4.69, 9.17) is 0 Å². The molecule has 2 rings (SSSR count). The molecule has 2 aromatic rings. The zero-order valence-corrected chi connectivity index (χ0v) is 12.2. The summed E-state index contributed by atoms with van der Waals surface area (Å²) in [6.45, 7) is 2.12.